The van der Waals surface area contributed by atoms with E-state index in [1.165, 1.54) is 47.9 Å². The van der Waals surface area contributed by atoms with Crippen LogP contribution < -0.4 is 10.1 Å². The third-order valence-electron chi connectivity index (χ3n) is 7.75. The predicted octanol–water partition coefficient (Wildman–Crippen LogP) is 7.39. The maximum Gasteiger partial charge on any atom is 0.123 e. The number of fused-ring (bicyclic) bond motifs is 1. The van der Waals surface area contributed by atoms with Gasteiger partial charge in [-0.3, -0.25) is 0 Å². The minimum atomic E-state index is 0.354. The van der Waals surface area contributed by atoms with Crippen molar-refractivity contribution in [2.24, 2.45) is 5.92 Å². The molecule has 1 aliphatic carbocycles. The third kappa shape index (κ3) is 5.33. The molecule has 0 saturated heterocycles. The second kappa shape index (κ2) is 10.6. The molecular formula is C31H37NO. The van der Waals surface area contributed by atoms with Gasteiger partial charge in [0.05, 0.1) is 0 Å². The van der Waals surface area contributed by atoms with E-state index in [4.69, 9.17) is 4.74 Å². The highest BCUT2D eigenvalue weighted by atomic mass is 16.5. The third-order valence-corrected chi connectivity index (χ3v) is 7.75. The lowest BCUT2D eigenvalue weighted by Crippen LogP contribution is -2.38. The smallest absolute Gasteiger partial charge is 0.123 e. The molecule has 1 aliphatic heterocycles. The molecule has 172 valence electrons. The van der Waals surface area contributed by atoms with Crippen molar-refractivity contribution < 1.29 is 4.74 Å². The highest BCUT2D eigenvalue weighted by molar-refractivity contribution is 5.66. The van der Waals surface area contributed by atoms with E-state index in [2.05, 4.69) is 91.1 Å². The fourth-order valence-corrected chi connectivity index (χ4v) is 5.78. The lowest BCUT2D eigenvalue weighted by atomic mass is 9.83. The van der Waals surface area contributed by atoms with Crippen LogP contribution in [0, 0.1) is 5.92 Å². The Bertz CT molecular complexity index is 1010. The first-order chi connectivity index (χ1) is 16.3. The number of rotatable bonds is 8. The quantitative estimate of drug-likeness (QED) is 0.395. The van der Waals surface area contributed by atoms with Gasteiger partial charge in [-0.15, -0.1) is 0 Å². The number of ether oxygens (including phenoxy) is 1. The summed E-state index contributed by atoms with van der Waals surface area (Å²) in [6.07, 6.45) is 9.09. The average molecular weight is 440 g/mol. The molecule has 0 aromatic heterocycles. The zero-order valence-corrected chi connectivity index (χ0v) is 19.9. The molecule has 2 heteroatoms. The van der Waals surface area contributed by atoms with E-state index in [0.29, 0.717) is 24.0 Å². The van der Waals surface area contributed by atoms with Crippen molar-refractivity contribution in [1.29, 1.82) is 0 Å². The first-order valence-corrected chi connectivity index (χ1v) is 12.9. The van der Waals surface area contributed by atoms with Crippen molar-refractivity contribution >= 4 is 0 Å². The summed E-state index contributed by atoms with van der Waals surface area (Å²) < 4.78 is 6.71. The van der Waals surface area contributed by atoms with E-state index < -0.39 is 0 Å². The van der Waals surface area contributed by atoms with Crippen molar-refractivity contribution in [2.75, 3.05) is 6.54 Å². The summed E-state index contributed by atoms with van der Waals surface area (Å²) in [5.41, 5.74) is 5.31. The van der Waals surface area contributed by atoms with Gasteiger partial charge >= 0.3 is 0 Å². The molecule has 0 radical (unpaired) electrons. The Labute approximate surface area is 199 Å². The molecule has 1 fully saturated rings. The largest absolute Gasteiger partial charge is 0.490 e. The normalized spacial score (nSPS) is 21.4. The fraction of sp³-hybridized carbons (Fsp3) is 0.419. The molecule has 33 heavy (non-hydrogen) atoms. The summed E-state index contributed by atoms with van der Waals surface area (Å²) >= 11 is 0. The Kier molecular flexibility index (Phi) is 7.12. The summed E-state index contributed by atoms with van der Waals surface area (Å²) in [4.78, 5) is 0. The van der Waals surface area contributed by atoms with Crippen LogP contribution in [0.3, 0.4) is 0 Å². The van der Waals surface area contributed by atoms with Crippen molar-refractivity contribution in [3.63, 3.8) is 0 Å². The van der Waals surface area contributed by atoms with E-state index in [0.717, 1.165) is 31.6 Å². The summed E-state index contributed by atoms with van der Waals surface area (Å²) in [6.45, 7) is 3.32. The lowest BCUT2D eigenvalue weighted by molar-refractivity contribution is 0.0998. The molecule has 1 N–H and O–H groups in total. The number of hydrogen-bond acceptors (Lipinski definition) is 2. The van der Waals surface area contributed by atoms with Crippen LogP contribution >= 0.6 is 0 Å². The van der Waals surface area contributed by atoms with Gasteiger partial charge < -0.3 is 10.1 Å². The molecule has 3 aromatic rings. The van der Waals surface area contributed by atoms with Crippen LogP contribution in [0.1, 0.15) is 62.5 Å². The molecule has 3 aromatic carbocycles. The zero-order valence-electron chi connectivity index (χ0n) is 19.9. The summed E-state index contributed by atoms with van der Waals surface area (Å²) in [7, 11) is 0. The predicted molar refractivity (Wildman–Crippen MR) is 138 cm³/mol. The Morgan fingerprint density at radius 3 is 2.33 bits per heavy atom. The van der Waals surface area contributed by atoms with E-state index in [9.17, 15) is 0 Å². The van der Waals surface area contributed by atoms with Crippen LogP contribution in [0.15, 0.2) is 78.9 Å². The van der Waals surface area contributed by atoms with Crippen molar-refractivity contribution in [3.05, 3.63) is 90.0 Å². The topological polar surface area (TPSA) is 21.3 Å². The highest BCUT2D eigenvalue weighted by Gasteiger charge is 2.35. The second-order valence-corrected chi connectivity index (χ2v) is 9.96. The van der Waals surface area contributed by atoms with Crippen molar-refractivity contribution in [1.82, 2.24) is 5.32 Å². The first-order valence-electron chi connectivity index (χ1n) is 12.9. The monoisotopic (exact) mass is 439 g/mol. The van der Waals surface area contributed by atoms with Crippen LogP contribution in [0.25, 0.3) is 11.1 Å². The molecule has 2 aliphatic rings. The molecular weight excluding hydrogens is 402 g/mol. The Balaban J connectivity index is 1.35. The summed E-state index contributed by atoms with van der Waals surface area (Å²) in [5, 5.41) is 3.93. The average Bonchev–Trinajstić information content (AvgIpc) is 3.42. The highest BCUT2D eigenvalue weighted by Crippen LogP contribution is 2.43. The SMILES string of the molecule is CCC(Cc1ccccc1)NCC1CC(C2CCCC2)Oc2cc(-c3ccccc3)ccc21. The zero-order chi connectivity index (χ0) is 22.5. The minimum absolute atomic E-state index is 0.354. The standard InChI is InChI=1S/C31H37NO/c1-2-28(19-23-11-5-3-6-12-23)32-22-27-21-30(25-15-9-10-16-25)33-31-20-26(17-18-29(27)31)24-13-7-4-8-14-24/h3-8,11-14,17-18,20,25,27-28,30,32H,2,9-10,15-16,19,21-22H2,1H3. The molecule has 2 nitrogen and oxygen atoms in total. The minimum Gasteiger partial charge on any atom is -0.490 e. The molecule has 5 rings (SSSR count). The Hall–Kier alpha value is -2.58. The van der Waals surface area contributed by atoms with Crippen molar-refractivity contribution in [3.8, 4) is 16.9 Å². The van der Waals surface area contributed by atoms with Crippen LogP contribution in [0.5, 0.6) is 5.75 Å². The Morgan fingerprint density at radius 1 is 0.879 bits per heavy atom. The number of benzene rings is 3. The van der Waals surface area contributed by atoms with Gasteiger partial charge in [-0.1, -0.05) is 92.6 Å². The van der Waals surface area contributed by atoms with Gasteiger partial charge in [-0.25, -0.2) is 0 Å². The molecule has 3 atom stereocenters. The lowest BCUT2D eigenvalue weighted by Gasteiger charge is -2.36. The van der Waals surface area contributed by atoms with Gasteiger partial charge in [-0.05, 0) is 66.3 Å². The van der Waals surface area contributed by atoms with Crippen LogP contribution in [0.2, 0.25) is 0 Å². The Morgan fingerprint density at radius 2 is 1.61 bits per heavy atom. The van der Waals surface area contributed by atoms with Gasteiger partial charge in [0, 0.05) is 18.5 Å². The van der Waals surface area contributed by atoms with Gasteiger partial charge in [0.15, 0.2) is 0 Å². The molecule has 3 unspecified atom stereocenters. The van der Waals surface area contributed by atoms with Gasteiger partial charge in [0.25, 0.3) is 0 Å². The van der Waals surface area contributed by atoms with Gasteiger partial charge in [0.2, 0.25) is 0 Å². The molecule has 1 heterocycles. The molecule has 0 bridgehead atoms. The number of nitrogens with one attached hydrogen (secondary N) is 1. The fourth-order valence-electron chi connectivity index (χ4n) is 5.78. The molecule has 0 spiro atoms. The molecule has 1 saturated carbocycles. The maximum atomic E-state index is 6.71. The van der Waals surface area contributed by atoms with Crippen LogP contribution in [-0.2, 0) is 6.42 Å². The maximum absolute atomic E-state index is 6.71. The van der Waals surface area contributed by atoms with Crippen molar-refractivity contribution in [2.45, 2.75) is 69.9 Å². The second-order valence-electron chi connectivity index (χ2n) is 9.96. The van der Waals surface area contributed by atoms with Crippen LogP contribution in [0.4, 0.5) is 0 Å². The van der Waals surface area contributed by atoms with E-state index in [1.807, 2.05) is 0 Å². The van der Waals surface area contributed by atoms with E-state index in [-0.39, 0.29) is 0 Å². The summed E-state index contributed by atoms with van der Waals surface area (Å²) in [6, 6.07) is 29.0. The first kappa shape index (κ1) is 22.2. The molecule has 0 amide bonds. The van der Waals surface area contributed by atoms with Gasteiger partial charge in [-0.2, -0.15) is 0 Å². The van der Waals surface area contributed by atoms with Crippen LogP contribution in [-0.4, -0.2) is 18.7 Å². The van der Waals surface area contributed by atoms with E-state index >= 15 is 0 Å². The van der Waals surface area contributed by atoms with E-state index in [1.54, 1.807) is 0 Å². The van der Waals surface area contributed by atoms with Gasteiger partial charge in [0.1, 0.15) is 11.9 Å². The summed E-state index contributed by atoms with van der Waals surface area (Å²) in [5.74, 6) is 2.34. The number of hydrogen-bond donors (Lipinski definition) is 1.